The van der Waals surface area contributed by atoms with Crippen LogP contribution in [0.5, 0.6) is 0 Å². The Balaban J connectivity index is 1.65. The van der Waals surface area contributed by atoms with Crippen molar-refractivity contribution in [3.8, 4) is 0 Å². The van der Waals surface area contributed by atoms with E-state index in [9.17, 15) is 13.2 Å². The SMILES string of the molecule is Cc1cc2nc(N(Cc3ccccc3)C(=O)CS(=O)(=O)Cc3ccccc3)sc2cc1C. The van der Waals surface area contributed by atoms with Gasteiger partial charge in [-0.25, -0.2) is 13.4 Å². The van der Waals surface area contributed by atoms with Gasteiger partial charge >= 0.3 is 0 Å². The Morgan fingerprint density at radius 2 is 1.50 bits per heavy atom. The number of hydrogen-bond acceptors (Lipinski definition) is 5. The summed E-state index contributed by atoms with van der Waals surface area (Å²) in [6.45, 7) is 4.33. The number of rotatable bonds is 7. The minimum Gasteiger partial charge on any atom is -0.283 e. The van der Waals surface area contributed by atoms with E-state index >= 15 is 0 Å². The Morgan fingerprint density at radius 1 is 0.906 bits per heavy atom. The number of aryl methyl sites for hydroxylation is 2. The summed E-state index contributed by atoms with van der Waals surface area (Å²) in [5.74, 6) is -1.21. The molecule has 32 heavy (non-hydrogen) atoms. The number of carbonyl (C=O) groups excluding carboxylic acids is 1. The average Bonchev–Trinajstić information content (AvgIpc) is 3.15. The number of carbonyl (C=O) groups is 1. The molecule has 0 unspecified atom stereocenters. The van der Waals surface area contributed by atoms with Gasteiger partial charge in [0.15, 0.2) is 15.0 Å². The highest BCUT2D eigenvalue weighted by Gasteiger charge is 2.26. The average molecular weight is 465 g/mol. The number of thiazole rings is 1. The molecule has 0 spiro atoms. The summed E-state index contributed by atoms with van der Waals surface area (Å²) in [6, 6.07) is 22.5. The van der Waals surface area contributed by atoms with Gasteiger partial charge in [-0.15, -0.1) is 0 Å². The third-order valence-electron chi connectivity index (χ3n) is 5.28. The molecule has 5 nitrogen and oxygen atoms in total. The van der Waals surface area contributed by atoms with Crippen LogP contribution in [-0.4, -0.2) is 25.1 Å². The molecule has 0 N–H and O–H groups in total. The van der Waals surface area contributed by atoms with Crippen LogP contribution in [0.3, 0.4) is 0 Å². The molecule has 0 saturated carbocycles. The van der Waals surface area contributed by atoms with Crippen molar-refractivity contribution in [1.29, 1.82) is 0 Å². The first-order chi connectivity index (χ1) is 15.3. The lowest BCUT2D eigenvalue weighted by Gasteiger charge is -2.20. The predicted molar refractivity (Wildman–Crippen MR) is 131 cm³/mol. The first kappa shape index (κ1) is 22.2. The number of hydrogen-bond donors (Lipinski definition) is 0. The molecule has 0 fully saturated rings. The quantitative estimate of drug-likeness (QED) is 0.383. The molecule has 1 amide bonds. The fourth-order valence-electron chi connectivity index (χ4n) is 3.46. The highest BCUT2D eigenvalue weighted by atomic mass is 32.2. The zero-order valence-electron chi connectivity index (χ0n) is 18.0. The first-order valence-electron chi connectivity index (χ1n) is 10.3. The Kier molecular flexibility index (Phi) is 6.39. The number of nitrogens with zero attached hydrogens (tertiary/aromatic N) is 2. The van der Waals surface area contributed by atoms with Gasteiger partial charge in [0.1, 0.15) is 5.75 Å². The van der Waals surface area contributed by atoms with E-state index in [0.29, 0.717) is 10.7 Å². The molecular formula is C25H24N2O3S2. The fourth-order valence-corrected chi connectivity index (χ4v) is 5.85. The van der Waals surface area contributed by atoms with Gasteiger partial charge < -0.3 is 0 Å². The third kappa shape index (κ3) is 5.23. The zero-order chi connectivity index (χ0) is 22.7. The number of sulfone groups is 1. The summed E-state index contributed by atoms with van der Waals surface area (Å²) >= 11 is 1.40. The molecule has 0 aliphatic heterocycles. The van der Waals surface area contributed by atoms with E-state index < -0.39 is 21.5 Å². The zero-order valence-corrected chi connectivity index (χ0v) is 19.6. The van der Waals surface area contributed by atoms with Crippen LogP contribution < -0.4 is 4.90 Å². The van der Waals surface area contributed by atoms with Crippen molar-refractivity contribution >= 4 is 42.4 Å². The molecule has 4 aromatic rings. The summed E-state index contributed by atoms with van der Waals surface area (Å²) in [5.41, 5.74) is 4.67. The maximum absolute atomic E-state index is 13.3. The largest absolute Gasteiger partial charge is 0.283 e. The third-order valence-corrected chi connectivity index (χ3v) is 7.78. The molecule has 0 saturated heterocycles. The van der Waals surface area contributed by atoms with Crippen molar-refractivity contribution in [2.24, 2.45) is 0 Å². The molecule has 3 aromatic carbocycles. The van der Waals surface area contributed by atoms with E-state index in [1.807, 2.05) is 56.3 Å². The van der Waals surface area contributed by atoms with Crippen molar-refractivity contribution in [2.75, 3.05) is 10.7 Å². The van der Waals surface area contributed by atoms with Crippen LogP contribution in [0.25, 0.3) is 10.2 Å². The highest BCUT2D eigenvalue weighted by Crippen LogP contribution is 2.32. The predicted octanol–water partition coefficient (Wildman–Crippen LogP) is 5.06. The van der Waals surface area contributed by atoms with Gasteiger partial charge in [-0.1, -0.05) is 72.0 Å². The van der Waals surface area contributed by atoms with Gasteiger partial charge in [0, 0.05) is 0 Å². The van der Waals surface area contributed by atoms with Gasteiger partial charge in [-0.2, -0.15) is 0 Å². The van der Waals surface area contributed by atoms with Crippen LogP contribution in [0.2, 0.25) is 0 Å². The minimum absolute atomic E-state index is 0.170. The van der Waals surface area contributed by atoms with E-state index in [1.54, 1.807) is 24.3 Å². The van der Waals surface area contributed by atoms with Crippen LogP contribution in [0.4, 0.5) is 5.13 Å². The maximum Gasteiger partial charge on any atom is 0.244 e. The van der Waals surface area contributed by atoms with Crippen LogP contribution in [0.15, 0.2) is 72.8 Å². The van der Waals surface area contributed by atoms with Crippen molar-refractivity contribution in [3.63, 3.8) is 0 Å². The maximum atomic E-state index is 13.3. The normalized spacial score (nSPS) is 11.6. The molecule has 0 aliphatic rings. The first-order valence-corrected chi connectivity index (χ1v) is 12.9. The topological polar surface area (TPSA) is 67.3 Å². The fraction of sp³-hybridized carbons (Fsp3) is 0.200. The molecule has 1 heterocycles. The monoisotopic (exact) mass is 464 g/mol. The van der Waals surface area contributed by atoms with Crippen molar-refractivity contribution in [2.45, 2.75) is 26.1 Å². The van der Waals surface area contributed by atoms with Crippen molar-refractivity contribution in [1.82, 2.24) is 4.98 Å². The van der Waals surface area contributed by atoms with E-state index in [4.69, 9.17) is 0 Å². The Hall–Kier alpha value is -3.03. The van der Waals surface area contributed by atoms with Gasteiger partial charge in [0.05, 0.1) is 22.5 Å². The highest BCUT2D eigenvalue weighted by molar-refractivity contribution is 7.91. The molecule has 0 bridgehead atoms. The van der Waals surface area contributed by atoms with Crippen LogP contribution in [0, 0.1) is 13.8 Å². The van der Waals surface area contributed by atoms with E-state index in [2.05, 4.69) is 11.1 Å². The standard InChI is InChI=1S/C25H24N2O3S2/c1-18-13-22-23(14-19(18)2)31-25(26-22)27(15-20-9-5-3-6-10-20)24(28)17-32(29,30)16-21-11-7-4-8-12-21/h3-14H,15-17H2,1-2H3. The van der Waals surface area contributed by atoms with E-state index in [-0.39, 0.29) is 12.3 Å². The van der Waals surface area contributed by atoms with E-state index in [0.717, 1.165) is 26.9 Å². The molecule has 0 aliphatic carbocycles. The van der Waals surface area contributed by atoms with Crippen LogP contribution in [-0.2, 0) is 26.9 Å². The molecular weight excluding hydrogens is 440 g/mol. The summed E-state index contributed by atoms with van der Waals surface area (Å²) in [5, 5.41) is 0.508. The van der Waals surface area contributed by atoms with Crippen LogP contribution >= 0.6 is 11.3 Å². The molecule has 164 valence electrons. The number of amides is 1. The van der Waals surface area contributed by atoms with Gasteiger partial charge in [0.25, 0.3) is 0 Å². The molecule has 0 radical (unpaired) electrons. The Bertz CT molecular complexity index is 1310. The second-order valence-corrected chi connectivity index (χ2v) is 11.0. The minimum atomic E-state index is -3.64. The summed E-state index contributed by atoms with van der Waals surface area (Å²) in [4.78, 5) is 19.4. The Labute approximate surface area is 192 Å². The molecule has 0 atom stereocenters. The smallest absolute Gasteiger partial charge is 0.244 e. The number of benzene rings is 3. The Morgan fingerprint density at radius 3 is 2.16 bits per heavy atom. The number of aromatic nitrogens is 1. The molecule has 1 aromatic heterocycles. The number of anilines is 1. The lowest BCUT2D eigenvalue weighted by atomic mass is 10.1. The van der Waals surface area contributed by atoms with Gasteiger partial charge in [-0.3, -0.25) is 9.69 Å². The second-order valence-electron chi connectivity index (χ2n) is 7.88. The second kappa shape index (κ2) is 9.22. The van der Waals surface area contributed by atoms with Crippen molar-refractivity contribution in [3.05, 3.63) is 95.1 Å². The van der Waals surface area contributed by atoms with E-state index in [1.165, 1.54) is 16.2 Å². The van der Waals surface area contributed by atoms with Crippen LogP contribution in [0.1, 0.15) is 22.3 Å². The van der Waals surface area contributed by atoms with Gasteiger partial charge in [-0.05, 0) is 48.2 Å². The number of fused-ring (bicyclic) bond motifs is 1. The summed E-state index contributed by atoms with van der Waals surface area (Å²) < 4.78 is 26.6. The van der Waals surface area contributed by atoms with Gasteiger partial charge in [0.2, 0.25) is 5.91 Å². The molecule has 4 rings (SSSR count). The summed E-state index contributed by atoms with van der Waals surface area (Å²) in [7, 11) is -3.64. The lowest BCUT2D eigenvalue weighted by molar-refractivity contribution is -0.116. The lowest BCUT2D eigenvalue weighted by Crippen LogP contribution is -2.35. The van der Waals surface area contributed by atoms with Crippen molar-refractivity contribution < 1.29 is 13.2 Å². The summed E-state index contributed by atoms with van der Waals surface area (Å²) in [6.07, 6.45) is 0. The molecule has 7 heteroatoms.